The van der Waals surface area contributed by atoms with Gasteiger partial charge in [0.25, 0.3) is 5.56 Å². The number of nitrogens with one attached hydrogen (secondary N) is 1. The van der Waals surface area contributed by atoms with Gasteiger partial charge in [-0.3, -0.25) is 18.7 Å². The number of aromatic nitrogens is 3. The van der Waals surface area contributed by atoms with Gasteiger partial charge in [0, 0.05) is 24.3 Å². The van der Waals surface area contributed by atoms with E-state index in [2.05, 4.69) is 10.3 Å². The molecule has 2 aromatic heterocycles. The minimum Gasteiger partial charge on any atom is -0.497 e. The molecule has 10 heteroatoms. The number of ether oxygens (including phenoxy) is 2. The Morgan fingerprint density at radius 2 is 1.84 bits per heavy atom. The molecule has 1 fully saturated rings. The van der Waals surface area contributed by atoms with Crippen molar-refractivity contribution in [3.63, 3.8) is 0 Å². The van der Waals surface area contributed by atoms with Crippen LogP contribution in [-0.4, -0.2) is 40.2 Å². The zero-order valence-electron chi connectivity index (χ0n) is 17.9. The lowest BCUT2D eigenvalue weighted by atomic mass is 10.1. The van der Waals surface area contributed by atoms with Gasteiger partial charge >= 0.3 is 11.7 Å². The Morgan fingerprint density at radius 1 is 1.16 bits per heavy atom. The molecule has 0 bridgehead atoms. The van der Waals surface area contributed by atoms with Gasteiger partial charge in [-0.05, 0) is 43.2 Å². The lowest BCUT2D eigenvalue weighted by Crippen LogP contribution is -2.42. The summed E-state index contributed by atoms with van der Waals surface area (Å²) in [4.78, 5) is 55.6. The quantitative estimate of drug-likeness (QED) is 0.578. The SMILES string of the molecule is COC(=O)c1cc(C2CC2)nc2c1c(=O)n(CC(=O)Nc1ccc(OC)cc1)c(=O)n2C. The molecule has 1 aromatic carbocycles. The molecule has 0 unspecified atom stereocenters. The second-order valence-electron chi connectivity index (χ2n) is 7.57. The van der Waals surface area contributed by atoms with Crippen LogP contribution in [0.25, 0.3) is 11.0 Å². The first kappa shape index (κ1) is 21.3. The van der Waals surface area contributed by atoms with Crippen LogP contribution in [0.2, 0.25) is 0 Å². The summed E-state index contributed by atoms with van der Waals surface area (Å²) in [6.45, 7) is -0.529. The van der Waals surface area contributed by atoms with Gasteiger partial charge in [0.15, 0.2) is 0 Å². The van der Waals surface area contributed by atoms with Gasteiger partial charge in [-0.15, -0.1) is 0 Å². The topological polar surface area (TPSA) is 122 Å². The molecule has 166 valence electrons. The molecule has 0 atom stereocenters. The Morgan fingerprint density at radius 3 is 2.44 bits per heavy atom. The molecular formula is C22H22N4O6. The van der Waals surface area contributed by atoms with Gasteiger partial charge in [-0.2, -0.15) is 0 Å². The molecule has 1 aliphatic rings. The Kier molecular flexibility index (Phi) is 5.52. The molecule has 0 spiro atoms. The van der Waals surface area contributed by atoms with Crippen LogP contribution >= 0.6 is 0 Å². The molecule has 1 saturated carbocycles. The van der Waals surface area contributed by atoms with Crippen molar-refractivity contribution in [2.24, 2.45) is 7.05 Å². The van der Waals surface area contributed by atoms with Crippen LogP contribution < -0.4 is 21.3 Å². The van der Waals surface area contributed by atoms with Crippen LogP contribution in [0.15, 0.2) is 39.9 Å². The van der Waals surface area contributed by atoms with Crippen LogP contribution in [0.1, 0.15) is 34.8 Å². The molecule has 10 nitrogen and oxygen atoms in total. The predicted octanol–water partition coefficient (Wildman–Crippen LogP) is 1.41. The van der Waals surface area contributed by atoms with Gasteiger partial charge in [0.2, 0.25) is 5.91 Å². The maximum atomic E-state index is 13.2. The molecule has 0 radical (unpaired) electrons. The van der Waals surface area contributed by atoms with Crippen LogP contribution in [0, 0.1) is 0 Å². The van der Waals surface area contributed by atoms with Crippen molar-refractivity contribution in [1.82, 2.24) is 14.1 Å². The number of rotatable bonds is 6. The number of carbonyl (C=O) groups is 2. The summed E-state index contributed by atoms with van der Waals surface area (Å²) in [6.07, 6.45) is 1.85. The second kappa shape index (κ2) is 8.29. The fourth-order valence-corrected chi connectivity index (χ4v) is 3.52. The average molecular weight is 438 g/mol. The Hall–Kier alpha value is -3.95. The molecule has 1 aliphatic carbocycles. The number of aryl methyl sites for hydroxylation is 1. The van der Waals surface area contributed by atoms with E-state index >= 15 is 0 Å². The van der Waals surface area contributed by atoms with Gasteiger partial charge in [-0.25, -0.2) is 14.6 Å². The number of amides is 1. The molecule has 2 heterocycles. The fourth-order valence-electron chi connectivity index (χ4n) is 3.52. The lowest BCUT2D eigenvalue weighted by molar-refractivity contribution is -0.116. The standard InChI is InChI=1S/C22H22N4O6/c1-25-19-18(15(21(29)32-3)10-16(24-19)12-4-5-12)20(28)26(22(25)30)11-17(27)23-13-6-8-14(31-2)9-7-13/h6-10,12H,4-5,11H2,1-3H3,(H,23,27). The first-order chi connectivity index (χ1) is 15.3. The number of methoxy groups -OCH3 is 2. The van der Waals surface area contributed by atoms with E-state index in [1.54, 1.807) is 30.3 Å². The van der Waals surface area contributed by atoms with Gasteiger partial charge in [0.05, 0.1) is 25.2 Å². The highest BCUT2D eigenvalue weighted by atomic mass is 16.5. The van der Waals surface area contributed by atoms with E-state index in [0.29, 0.717) is 17.1 Å². The summed E-state index contributed by atoms with van der Waals surface area (Å²) >= 11 is 0. The van der Waals surface area contributed by atoms with Crippen LogP contribution in [0.5, 0.6) is 5.75 Å². The zero-order chi connectivity index (χ0) is 23.0. The van der Waals surface area contributed by atoms with Crippen molar-refractivity contribution in [3.8, 4) is 5.75 Å². The van der Waals surface area contributed by atoms with E-state index in [9.17, 15) is 19.2 Å². The predicted molar refractivity (Wildman–Crippen MR) is 116 cm³/mol. The maximum absolute atomic E-state index is 13.2. The molecule has 32 heavy (non-hydrogen) atoms. The van der Waals surface area contributed by atoms with Crippen LogP contribution in [-0.2, 0) is 23.1 Å². The highest BCUT2D eigenvalue weighted by molar-refractivity contribution is 6.02. The van der Waals surface area contributed by atoms with Crippen molar-refractivity contribution >= 4 is 28.6 Å². The van der Waals surface area contributed by atoms with Crippen molar-refractivity contribution in [3.05, 3.63) is 62.4 Å². The third kappa shape index (κ3) is 3.86. The third-order valence-electron chi connectivity index (χ3n) is 5.39. The Bertz CT molecular complexity index is 1340. The molecule has 4 rings (SSSR count). The summed E-state index contributed by atoms with van der Waals surface area (Å²) in [7, 11) is 4.20. The van der Waals surface area contributed by atoms with Gasteiger partial charge < -0.3 is 14.8 Å². The number of hydrogen-bond donors (Lipinski definition) is 1. The summed E-state index contributed by atoms with van der Waals surface area (Å²) in [5.41, 5.74) is -0.234. The largest absolute Gasteiger partial charge is 0.497 e. The molecule has 0 aliphatic heterocycles. The van der Waals surface area contributed by atoms with E-state index in [1.165, 1.54) is 25.8 Å². The average Bonchev–Trinajstić information content (AvgIpc) is 3.65. The number of nitrogens with zero attached hydrogens (tertiary/aromatic N) is 3. The number of pyridine rings is 1. The van der Waals surface area contributed by atoms with Gasteiger partial charge in [0.1, 0.15) is 17.9 Å². The van der Waals surface area contributed by atoms with E-state index in [1.807, 2.05) is 0 Å². The van der Waals surface area contributed by atoms with Crippen molar-refractivity contribution in [2.75, 3.05) is 19.5 Å². The Balaban J connectivity index is 1.77. The number of carbonyl (C=O) groups excluding carboxylic acids is 2. The van der Waals surface area contributed by atoms with E-state index in [0.717, 1.165) is 17.4 Å². The van der Waals surface area contributed by atoms with Crippen LogP contribution in [0.4, 0.5) is 5.69 Å². The highest BCUT2D eigenvalue weighted by Gasteiger charge is 2.29. The van der Waals surface area contributed by atoms with Gasteiger partial charge in [-0.1, -0.05) is 0 Å². The highest BCUT2D eigenvalue weighted by Crippen LogP contribution is 2.39. The maximum Gasteiger partial charge on any atom is 0.338 e. The lowest BCUT2D eigenvalue weighted by Gasteiger charge is -2.14. The Labute approximate surface area is 182 Å². The van der Waals surface area contributed by atoms with E-state index < -0.39 is 29.7 Å². The molecular weight excluding hydrogens is 416 g/mol. The minimum absolute atomic E-state index is 0.0318. The van der Waals surface area contributed by atoms with Crippen molar-refractivity contribution in [1.29, 1.82) is 0 Å². The first-order valence-corrected chi connectivity index (χ1v) is 10.0. The summed E-state index contributed by atoms with van der Waals surface area (Å²) in [5, 5.41) is 2.58. The van der Waals surface area contributed by atoms with Crippen molar-refractivity contribution < 1.29 is 19.1 Å². The number of anilines is 1. The molecule has 0 saturated heterocycles. The van der Waals surface area contributed by atoms with Crippen molar-refractivity contribution in [2.45, 2.75) is 25.3 Å². The monoisotopic (exact) mass is 438 g/mol. The number of fused-ring (bicyclic) bond motifs is 1. The second-order valence-corrected chi connectivity index (χ2v) is 7.57. The summed E-state index contributed by atoms with van der Waals surface area (Å²) in [6, 6.07) is 8.15. The number of esters is 1. The number of hydrogen-bond acceptors (Lipinski definition) is 7. The normalized spacial score (nSPS) is 13.1. The number of benzene rings is 1. The first-order valence-electron chi connectivity index (χ1n) is 10.0. The summed E-state index contributed by atoms with van der Waals surface area (Å²) < 4.78 is 11.9. The van der Waals surface area contributed by atoms with Crippen LogP contribution in [0.3, 0.4) is 0 Å². The molecule has 3 aromatic rings. The van der Waals surface area contributed by atoms with E-state index in [4.69, 9.17) is 9.47 Å². The summed E-state index contributed by atoms with van der Waals surface area (Å²) in [5.74, 6) is -0.466. The zero-order valence-corrected chi connectivity index (χ0v) is 17.9. The molecule has 1 amide bonds. The van der Waals surface area contributed by atoms with E-state index in [-0.39, 0.29) is 22.5 Å². The third-order valence-corrected chi connectivity index (χ3v) is 5.39. The fraction of sp³-hybridized carbons (Fsp3) is 0.318. The smallest absolute Gasteiger partial charge is 0.338 e. The minimum atomic E-state index is -0.775. The molecule has 1 N–H and O–H groups in total.